The topological polar surface area (TPSA) is 64.1 Å². The Labute approximate surface area is 134 Å². The van der Waals surface area contributed by atoms with Crippen molar-refractivity contribution in [3.8, 4) is 0 Å². The van der Waals surface area contributed by atoms with E-state index in [1.807, 2.05) is 13.0 Å². The standard InChI is InChI=1S/C13H11BrCl2FN3/c1-5-2-6(14)10(3-7(5)15)20-13-9(19)4-8(18)11(16)12(13)17/h2-4,20H,18-19H2,1H3. The molecule has 0 amide bonds. The van der Waals surface area contributed by atoms with E-state index in [0.717, 1.165) is 10.0 Å². The lowest BCUT2D eigenvalue weighted by Gasteiger charge is -2.15. The molecule has 0 saturated carbocycles. The zero-order chi connectivity index (χ0) is 15.0. The number of nitrogens with two attached hydrogens (primary N) is 2. The van der Waals surface area contributed by atoms with Gasteiger partial charge in [0.25, 0.3) is 0 Å². The molecule has 7 heteroatoms. The van der Waals surface area contributed by atoms with E-state index in [0.29, 0.717) is 10.7 Å². The minimum absolute atomic E-state index is 0.0600. The number of nitrogen functional groups attached to an aromatic ring is 2. The molecule has 2 aromatic rings. The van der Waals surface area contributed by atoms with E-state index >= 15 is 0 Å². The molecule has 0 saturated heterocycles. The molecular weight excluding hydrogens is 368 g/mol. The van der Waals surface area contributed by atoms with Crippen LogP contribution >= 0.6 is 39.1 Å². The molecule has 0 aliphatic heterocycles. The van der Waals surface area contributed by atoms with E-state index in [1.54, 1.807) is 6.07 Å². The summed E-state index contributed by atoms with van der Waals surface area (Å²) in [5.74, 6) is -0.701. The van der Waals surface area contributed by atoms with Crippen molar-refractivity contribution in [2.75, 3.05) is 16.8 Å². The van der Waals surface area contributed by atoms with Gasteiger partial charge >= 0.3 is 0 Å². The second-order valence-corrected chi connectivity index (χ2v) is 5.90. The minimum atomic E-state index is -0.701. The average Bonchev–Trinajstić information content (AvgIpc) is 2.38. The average molecular weight is 379 g/mol. The summed E-state index contributed by atoms with van der Waals surface area (Å²) in [5.41, 5.74) is 13.1. The Morgan fingerprint density at radius 2 is 1.80 bits per heavy atom. The zero-order valence-electron chi connectivity index (χ0n) is 10.4. The fourth-order valence-corrected chi connectivity index (χ4v) is 2.54. The fourth-order valence-electron chi connectivity index (χ4n) is 1.67. The highest BCUT2D eigenvalue weighted by Gasteiger charge is 2.16. The van der Waals surface area contributed by atoms with E-state index in [9.17, 15) is 4.39 Å². The number of benzene rings is 2. The van der Waals surface area contributed by atoms with E-state index in [1.165, 1.54) is 6.07 Å². The smallest absolute Gasteiger partial charge is 0.169 e. The van der Waals surface area contributed by atoms with Crippen molar-refractivity contribution >= 4 is 61.9 Å². The van der Waals surface area contributed by atoms with Crippen LogP contribution in [-0.2, 0) is 0 Å². The molecule has 0 radical (unpaired) electrons. The fraction of sp³-hybridized carbons (Fsp3) is 0.0769. The second-order valence-electron chi connectivity index (χ2n) is 4.26. The van der Waals surface area contributed by atoms with Crippen molar-refractivity contribution in [2.45, 2.75) is 6.92 Å². The van der Waals surface area contributed by atoms with Gasteiger partial charge in [-0.1, -0.05) is 23.2 Å². The monoisotopic (exact) mass is 377 g/mol. The minimum Gasteiger partial charge on any atom is -0.397 e. The molecule has 0 aliphatic rings. The second kappa shape index (κ2) is 5.68. The van der Waals surface area contributed by atoms with E-state index in [-0.39, 0.29) is 22.1 Å². The molecular formula is C13H11BrCl2FN3. The third-order valence-electron chi connectivity index (χ3n) is 2.77. The van der Waals surface area contributed by atoms with Gasteiger partial charge in [0.05, 0.1) is 22.7 Å². The van der Waals surface area contributed by atoms with E-state index < -0.39 is 5.82 Å². The maximum atomic E-state index is 14.1. The van der Waals surface area contributed by atoms with Gasteiger partial charge in [-0.2, -0.15) is 0 Å². The first-order chi connectivity index (χ1) is 9.31. The molecule has 0 unspecified atom stereocenters. The SMILES string of the molecule is Cc1cc(Br)c(Nc2c(N)cc(N)c(Cl)c2F)cc1Cl. The summed E-state index contributed by atoms with van der Waals surface area (Å²) in [6.45, 7) is 1.87. The lowest BCUT2D eigenvalue weighted by atomic mass is 10.2. The van der Waals surface area contributed by atoms with Crippen LogP contribution in [0.3, 0.4) is 0 Å². The van der Waals surface area contributed by atoms with Crippen molar-refractivity contribution in [1.82, 2.24) is 0 Å². The van der Waals surface area contributed by atoms with Gasteiger partial charge in [0, 0.05) is 9.50 Å². The Morgan fingerprint density at radius 3 is 2.45 bits per heavy atom. The van der Waals surface area contributed by atoms with Crippen LogP contribution in [0.25, 0.3) is 0 Å². The highest BCUT2D eigenvalue weighted by Crippen LogP contribution is 2.38. The maximum absolute atomic E-state index is 14.1. The highest BCUT2D eigenvalue weighted by molar-refractivity contribution is 9.10. The van der Waals surface area contributed by atoms with Gasteiger partial charge in [-0.3, -0.25) is 0 Å². The van der Waals surface area contributed by atoms with E-state index in [2.05, 4.69) is 21.2 Å². The molecule has 106 valence electrons. The van der Waals surface area contributed by atoms with Gasteiger partial charge in [-0.05, 0) is 46.6 Å². The molecule has 3 nitrogen and oxygen atoms in total. The quantitative estimate of drug-likeness (QED) is 0.636. The van der Waals surface area contributed by atoms with Crippen molar-refractivity contribution < 1.29 is 4.39 Å². The Bertz CT molecular complexity index is 692. The normalized spacial score (nSPS) is 10.7. The first kappa shape index (κ1) is 15.2. The number of aryl methyl sites for hydroxylation is 1. The Kier molecular flexibility index (Phi) is 4.32. The van der Waals surface area contributed by atoms with Crippen LogP contribution in [0.5, 0.6) is 0 Å². The molecule has 0 heterocycles. The highest BCUT2D eigenvalue weighted by atomic mass is 79.9. The molecule has 5 N–H and O–H groups in total. The van der Waals surface area contributed by atoms with Crippen LogP contribution in [0.4, 0.5) is 27.1 Å². The molecule has 2 aromatic carbocycles. The lowest BCUT2D eigenvalue weighted by Crippen LogP contribution is -2.03. The van der Waals surface area contributed by atoms with E-state index in [4.69, 9.17) is 34.7 Å². The Balaban J connectivity index is 2.51. The maximum Gasteiger partial charge on any atom is 0.169 e. The largest absolute Gasteiger partial charge is 0.397 e. The first-order valence-corrected chi connectivity index (χ1v) is 7.11. The molecule has 0 atom stereocenters. The third-order valence-corrected chi connectivity index (χ3v) is 4.22. The van der Waals surface area contributed by atoms with Gasteiger partial charge in [0.2, 0.25) is 0 Å². The molecule has 2 rings (SSSR count). The van der Waals surface area contributed by atoms with Crippen LogP contribution in [0.1, 0.15) is 5.56 Å². The summed E-state index contributed by atoms with van der Waals surface area (Å²) >= 11 is 15.2. The van der Waals surface area contributed by atoms with Crippen LogP contribution < -0.4 is 16.8 Å². The predicted octanol–water partition coefficient (Wildman–Crippen LogP) is 5.11. The summed E-state index contributed by atoms with van der Waals surface area (Å²) in [6, 6.07) is 4.89. The number of hydrogen-bond acceptors (Lipinski definition) is 3. The molecule has 0 aliphatic carbocycles. The molecule has 0 fully saturated rings. The van der Waals surface area contributed by atoms with Gasteiger partial charge in [-0.25, -0.2) is 4.39 Å². The van der Waals surface area contributed by atoms with Gasteiger partial charge in [0.15, 0.2) is 5.82 Å². The van der Waals surface area contributed by atoms with Crippen LogP contribution in [-0.4, -0.2) is 0 Å². The van der Waals surface area contributed by atoms with Crippen molar-refractivity contribution in [3.63, 3.8) is 0 Å². The summed E-state index contributed by atoms with van der Waals surface area (Å²) in [5, 5.41) is 3.26. The summed E-state index contributed by atoms with van der Waals surface area (Å²) in [6.07, 6.45) is 0. The number of halogens is 4. The third kappa shape index (κ3) is 2.80. The van der Waals surface area contributed by atoms with Crippen LogP contribution in [0.15, 0.2) is 22.7 Å². The van der Waals surface area contributed by atoms with Gasteiger partial charge in [-0.15, -0.1) is 0 Å². The number of rotatable bonds is 2. The van der Waals surface area contributed by atoms with Gasteiger partial charge < -0.3 is 16.8 Å². The number of nitrogens with one attached hydrogen (secondary N) is 1. The number of anilines is 4. The summed E-state index contributed by atoms with van der Waals surface area (Å²) in [7, 11) is 0. The molecule has 0 bridgehead atoms. The van der Waals surface area contributed by atoms with Crippen molar-refractivity contribution in [1.29, 1.82) is 0 Å². The summed E-state index contributed by atoms with van der Waals surface area (Å²) in [4.78, 5) is 0. The van der Waals surface area contributed by atoms with Crippen LogP contribution in [0, 0.1) is 12.7 Å². The summed E-state index contributed by atoms with van der Waals surface area (Å²) < 4.78 is 14.8. The Morgan fingerprint density at radius 1 is 1.15 bits per heavy atom. The van der Waals surface area contributed by atoms with Crippen LogP contribution in [0.2, 0.25) is 10.0 Å². The van der Waals surface area contributed by atoms with Gasteiger partial charge in [0.1, 0.15) is 5.02 Å². The molecule has 0 aromatic heterocycles. The van der Waals surface area contributed by atoms with Crippen molar-refractivity contribution in [2.24, 2.45) is 0 Å². The number of hydrogen-bond donors (Lipinski definition) is 3. The van der Waals surface area contributed by atoms with Crippen molar-refractivity contribution in [3.05, 3.63) is 44.1 Å². The first-order valence-electron chi connectivity index (χ1n) is 5.57. The molecule has 20 heavy (non-hydrogen) atoms. The predicted molar refractivity (Wildman–Crippen MR) is 87.4 cm³/mol. The molecule has 0 spiro atoms. The lowest BCUT2D eigenvalue weighted by molar-refractivity contribution is 0.633. The zero-order valence-corrected chi connectivity index (χ0v) is 13.5. The Hall–Kier alpha value is -1.17.